The lowest BCUT2D eigenvalue weighted by Crippen LogP contribution is -2.14. The zero-order valence-electron chi connectivity index (χ0n) is 17.4. The molecule has 0 N–H and O–H groups in total. The van der Waals surface area contributed by atoms with Gasteiger partial charge >= 0.3 is 18.6 Å². The van der Waals surface area contributed by atoms with E-state index in [1.165, 1.54) is 6.08 Å². The van der Waals surface area contributed by atoms with Crippen molar-refractivity contribution in [1.82, 2.24) is 0 Å². The van der Waals surface area contributed by atoms with Crippen LogP contribution in [0.4, 0.5) is 8.78 Å². The summed E-state index contributed by atoms with van der Waals surface area (Å²) in [5, 5.41) is 9.55. The van der Waals surface area contributed by atoms with Crippen molar-refractivity contribution in [1.29, 1.82) is 5.26 Å². The first-order valence-corrected chi connectivity index (χ1v) is 9.82. The van der Waals surface area contributed by atoms with Crippen LogP contribution in [0.3, 0.4) is 0 Å². The van der Waals surface area contributed by atoms with Gasteiger partial charge in [-0.25, -0.2) is 4.79 Å². The molecule has 6 nitrogen and oxygen atoms in total. The second-order valence-corrected chi connectivity index (χ2v) is 7.82. The molecule has 1 saturated carbocycles. The summed E-state index contributed by atoms with van der Waals surface area (Å²) in [4.78, 5) is 24.0. The molecular formula is C24H21F2NO5. The van der Waals surface area contributed by atoms with Crippen molar-refractivity contribution < 1.29 is 32.6 Å². The van der Waals surface area contributed by atoms with Crippen LogP contribution in [-0.4, -0.2) is 18.6 Å². The number of nitrogens with zero attached hydrogens (tertiary/aromatic N) is 1. The smallest absolute Gasteiger partial charge is 0.389 e. The molecule has 0 aliphatic heterocycles. The Hall–Kier alpha value is -3.73. The molecule has 0 radical (unpaired) electrons. The third kappa shape index (κ3) is 5.49. The van der Waals surface area contributed by atoms with Gasteiger partial charge in [-0.15, -0.1) is 0 Å². The van der Waals surface area contributed by atoms with Crippen LogP contribution in [0.5, 0.6) is 11.5 Å². The van der Waals surface area contributed by atoms with Gasteiger partial charge in [0.2, 0.25) is 6.10 Å². The first kappa shape index (κ1) is 22.9. The van der Waals surface area contributed by atoms with Gasteiger partial charge < -0.3 is 14.2 Å². The molecule has 32 heavy (non-hydrogen) atoms. The van der Waals surface area contributed by atoms with E-state index >= 15 is 0 Å². The van der Waals surface area contributed by atoms with E-state index in [1.807, 2.05) is 24.3 Å². The highest BCUT2D eigenvalue weighted by Gasteiger charge is 2.61. The summed E-state index contributed by atoms with van der Waals surface area (Å²) in [5.41, 5.74) is -0.114. The first-order chi connectivity index (χ1) is 15.2. The summed E-state index contributed by atoms with van der Waals surface area (Å²) >= 11 is 0. The van der Waals surface area contributed by atoms with E-state index in [1.54, 1.807) is 50.2 Å². The third-order valence-corrected chi connectivity index (χ3v) is 5.30. The number of rotatable bonds is 8. The molecule has 0 heterocycles. The van der Waals surface area contributed by atoms with Crippen molar-refractivity contribution in [2.45, 2.75) is 26.6 Å². The number of allylic oxidation sites excluding steroid dienone is 1. The van der Waals surface area contributed by atoms with Gasteiger partial charge in [0, 0.05) is 11.6 Å². The zero-order valence-corrected chi connectivity index (χ0v) is 17.4. The minimum atomic E-state index is -3.21. The lowest BCUT2D eigenvalue weighted by molar-refractivity contribution is -0.170. The number of esters is 2. The number of alkyl halides is 2. The van der Waals surface area contributed by atoms with Crippen LogP contribution in [-0.2, 0) is 19.1 Å². The van der Waals surface area contributed by atoms with Crippen LogP contribution >= 0.6 is 0 Å². The number of nitriles is 1. The number of halogens is 2. The van der Waals surface area contributed by atoms with Crippen molar-refractivity contribution in [2.75, 3.05) is 0 Å². The van der Waals surface area contributed by atoms with Crippen molar-refractivity contribution in [2.24, 2.45) is 17.3 Å². The van der Waals surface area contributed by atoms with Gasteiger partial charge in [0.15, 0.2) is 0 Å². The number of ether oxygens (including phenoxy) is 3. The minimum Gasteiger partial charge on any atom is -0.457 e. The third-order valence-electron chi connectivity index (χ3n) is 5.30. The van der Waals surface area contributed by atoms with Crippen LogP contribution in [0.15, 0.2) is 66.7 Å². The van der Waals surface area contributed by atoms with Crippen LogP contribution in [0.2, 0.25) is 0 Å². The van der Waals surface area contributed by atoms with Crippen molar-refractivity contribution in [3.05, 3.63) is 72.3 Å². The SMILES string of the molecule is CC1(C)C(C=CC(=O)OC(F)F)C1C(=O)OC(C#N)c1cccc(Oc2ccccc2)c1. The van der Waals surface area contributed by atoms with E-state index in [0.29, 0.717) is 17.1 Å². The number of hydrogen-bond acceptors (Lipinski definition) is 6. The Labute approximate surface area is 184 Å². The molecule has 0 bridgehead atoms. The molecule has 1 fully saturated rings. The Kier molecular flexibility index (Phi) is 6.89. The summed E-state index contributed by atoms with van der Waals surface area (Å²) in [6.07, 6.45) is 1.07. The average molecular weight is 441 g/mol. The highest BCUT2D eigenvalue weighted by Crippen LogP contribution is 2.59. The quantitative estimate of drug-likeness (QED) is 0.414. The molecule has 2 aromatic rings. The molecule has 0 saturated heterocycles. The Morgan fingerprint density at radius 3 is 2.41 bits per heavy atom. The average Bonchev–Trinajstić information content (AvgIpc) is 3.31. The predicted octanol–water partition coefficient (Wildman–Crippen LogP) is 5.18. The van der Waals surface area contributed by atoms with E-state index in [0.717, 1.165) is 6.08 Å². The van der Waals surface area contributed by atoms with Crippen molar-refractivity contribution >= 4 is 11.9 Å². The fourth-order valence-corrected chi connectivity index (χ4v) is 3.52. The van der Waals surface area contributed by atoms with Gasteiger partial charge in [-0.1, -0.05) is 50.3 Å². The molecule has 0 spiro atoms. The summed E-state index contributed by atoms with van der Waals surface area (Å²) in [5.74, 6) is -1.75. The minimum absolute atomic E-state index is 0.410. The van der Waals surface area contributed by atoms with Gasteiger partial charge in [0.25, 0.3) is 0 Å². The molecule has 8 heteroatoms. The van der Waals surface area contributed by atoms with E-state index in [4.69, 9.17) is 9.47 Å². The molecular weight excluding hydrogens is 420 g/mol. The van der Waals surface area contributed by atoms with Crippen molar-refractivity contribution in [3.63, 3.8) is 0 Å². The second kappa shape index (κ2) is 9.60. The summed E-state index contributed by atoms with van der Waals surface area (Å²) in [6.45, 7) is 0.350. The molecule has 2 aromatic carbocycles. The Morgan fingerprint density at radius 1 is 1.06 bits per heavy atom. The van der Waals surface area contributed by atoms with Crippen LogP contribution in [0, 0.1) is 28.6 Å². The molecule has 1 aliphatic rings. The number of benzene rings is 2. The molecule has 3 rings (SSSR count). The first-order valence-electron chi connectivity index (χ1n) is 9.82. The van der Waals surface area contributed by atoms with Gasteiger partial charge in [0.05, 0.1) is 5.92 Å². The molecule has 1 aliphatic carbocycles. The van der Waals surface area contributed by atoms with E-state index in [-0.39, 0.29) is 0 Å². The van der Waals surface area contributed by atoms with Gasteiger partial charge in [-0.2, -0.15) is 14.0 Å². The highest BCUT2D eigenvalue weighted by molar-refractivity contribution is 5.83. The normalized spacial score (nSPS) is 19.8. The lowest BCUT2D eigenvalue weighted by atomic mass is 10.1. The van der Waals surface area contributed by atoms with Gasteiger partial charge in [0.1, 0.15) is 17.6 Å². The topological polar surface area (TPSA) is 85.6 Å². The Morgan fingerprint density at radius 2 is 1.75 bits per heavy atom. The Bertz CT molecular complexity index is 1050. The maximum absolute atomic E-state index is 12.7. The van der Waals surface area contributed by atoms with Crippen LogP contribution in [0.25, 0.3) is 0 Å². The molecule has 0 aromatic heterocycles. The van der Waals surface area contributed by atoms with Gasteiger partial charge in [-0.05, 0) is 35.6 Å². The molecule has 0 amide bonds. The summed E-state index contributed by atoms with van der Waals surface area (Å²) < 4.78 is 39.1. The van der Waals surface area contributed by atoms with Crippen LogP contribution < -0.4 is 4.74 Å². The van der Waals surface area contributed by atoms with Gasteiger partial charge in [-0.3, -0.25) is 4.79 Å². The standard InChI is InChI=1S/C24H21F2NO5/c1-24(2)18(11-12-20(28)32-23(25)26)21(24)22(29)31-19(14-27)15-7-6-10-17(13-15)30-16-8-4-3-5-9-16/h3-13,18-19,21,23H,1-2H3. The predicted molar refractivity (Wildman–Crippen MR) is 109 cm³/mol. The monoisotopic (exact) mass is 441 g/mol. The fraction of sp³-hybridized carbons (Fsp3) is 0.292. The highest BCUT2D eigenvalue weighted by atomic mass is 19.3. The maximum Gasteiger partial charge on any atom is 0.389 e. The van der Waals surface area contributed by atoms with Crippen LogP contribution in [0.1, 0.15) is 25.5 Å². The van der Waals surface area contributed by atoms with E-state index in [2.05, 4.69) is 4.74 Å². The lowest BCUT2D eigenvalue weighted by Gasteiger charge is -2.13. The van der Waals surface area contributed by atoms with Crippen molar-refractivity contribution in [3.8, 4) is 17.6 Å². The number of carbonyl (C=O) groups excluding carboxylic acids is 2. The number of para-hydroxylation sites is 1. The number of hydrogen-bond donors (Lipinski definition) is 0. The Balaban J connectivity index is 1.66. The molecule has 166 valence electrons. The molecule has 3 atom stereocenters. The maximum atomic E-state index is 12.7. The largest absolute Gasteiger partial charge is 0.457 e. The summed E-state index contributed by atoms with van der Waals surface area (Å²) in [7, 11) is 0. The number of carbonyl (C=O) groups is 2. The fourth-order valence-electron chi connectivity index (χ4n) is 3.52. The van der Waals surface area contributed by atoms with E-state index in [9.17, 15) is 23.6 Å². The summed E-state index contributed by atoms with van der Waals surface area (Å²) in [6, 6.07) is 17.7. The van der Waals surface area contributed by atoms with E-state index < -0.39 is 41.9 Å². The zero-order chi connectivity index (χ0) is 23.3. The second-order valence-electron chi connectivity index (χ2n) is 7.82. The molecule has 3 unspecified atom stereocenters.